The summed E-state index contributed by atoms with van der Waals surface area (Å²) in [7, 11) is 0. The largest absolute Gasteiger partial charge is 0.492 e. The number of terminal acetylenes is 1. The Morgan fingerprint density at radius 2 is 2.26 bits per heavy atom. The predicted octanol–water partition coefficient (Wildman–Crippen LogP) is -0.656. The lowest BCUT2D eigenvalue weighted by atomic mass is 9.99. The molecule has 0 aromatic carbocycles. The van der Waals surface area contributed by atoms with Gasteiger partial charge in [0.15, 0.2) is 16.8 Å². The van der Waals surface area contributed by atoms with E-state index in [-0.39, 0.29) is 17.1 Å². The molecule has 5 N–H and O–H groups in total. The van der Waals surface area contributed by atoms with E-state index in [1.807, 2.05) is 0 Å². The highest BCUT2D eigenvalue weighted by Gasteiger charge is 2.39. The summed E-state index contributed by atoms with van der Waals surface area (Å²) in [5.74, 6) is 1.48. The summed E-state index contributed by atoms with van der Waals surface area (Å²) in [6.07, 6.45) is 3.94. The molecular weight excluding hydrogens is 309 g/mol. The number of ether oxygens (including phenoxy) is 1. The molecule has 0 aliphatic rings. The minimum atomic E-state index is -1.94. The van der Waals surface area contributed by atoms with E-state index in [4.69, 9.17) is 16.9 Å². The fourth-order valence-corrected chi connectivity index (χ4v) is 2.07. The molecule has 2 aromatic heterocycles. The van der Waals surface area contributed by atoms with Gasteiger partial charge >= 0.3 is 0 Å². The van der Waals surface area contributed by atoms with Gasteiger partial charge in [-0.2, -0.15) is 9.97 Å². The quantitative estimate of drug-likeness (QED) is 0.513. The van der Waals surface area contributed by atoms with Crippen molar-refractivity contribution >= 4 is 17.1 Å². The van der Waals surface area contributed by atoms with Crippen LogP contribution in [0, 0.1) is 12.3 Å². The van der Waals surface area contributed by atoms with Gasteiger partial charge in [0, 0.05) is 0 Å². The number of hydrogen-bond acceptors (Lipinski definition) is 8. The van der Waals surface area contributed by atoms with E-state index in [0.717, 1.165) is 0 Å². The number of nitrogens with two attached hydrogens (primary N) is 1. The smallest absolute Gasteiger partial charge is 0.244 e. The number of nitrogens with zero attached hydrogens (tertiary/aromatic N) is 4. The number of halogens is 1. The lowest BCUT2D eigenvalue weighted by Crippen LogP contribution is -2.49. The van der Waals surface area contributed by atoms with Gasteiger partial charge in [-0.25, -0.2) is 9.37 Å². The van der Waals surface area contributed by atoms with Gasteiger partial charge in [-0.05, 0) is 6.92 Å². The SMILES string of the molecule is C#C[C@](CO)(O[C@H](C)n1cnc2c(O)nc(N)nc21)[C@@H](O)CF. The average molecular weight is 325 g/mol. The fraction of sp³-hybridized carbons (Fsp3) is 0.462. The van der Waals surface area contributed by atoms with Crippen LogP contribution < -0.4 is 5.73 Å². The van der Waals surface area contributed by atoms with Gasteiger partial charge in [-0.3, -0.25) is 4.57 Å². The fourth-order valence-electron chi connectivity index (χ4n) is 2.07. The molecule has 0 aliphatic carbocycles. The van der Waals surface area contributed by atoms with E-state index in [1.165, 1.54) is 17.8 Å². The van der Waals surface area contributed by atoms with Crippen molar-refractivity contribution < 1.29 is 24.4 Å². The van der Waals surface area contributed by atoms with Crippen LogP contribution in [-0.4, -0.2) is 59.8 Å². The zero-order valence-electron chi connectivity index (χ0n) is 12.2. The Bertz CT molecular complexity index is 746. The second-order valence-corrected chi connectivity index (χ2v) is 4.81. The van der Waals surface area contributed by atoms with Gasteiger partial charge in [-0.1, -0.05) is 5.92 Å². The molecule has 10 heteroatoms. The Hall–Kier alpha value is -2.48. The number of alkyl halides is 1. The Morgan fingerprint density at radius 3 is 2.83 bits per heavy atom. The van der Waals surface area contributed by atoms with E-state index >= 15 is 0 Å². The molecule has 2 rings (SSSR count). The molecule has 124 valence electrons. The topological polar surface area (TPSA) is 140 Å². The Morgan fingerprint density at radius 1 is 1.57 bits per heavy atom. The van der Waals surface area contributed by atoms with Crippen LogP contribution in [0.3, 0.4) is 0 Å². The number of imidazole rings is 1. The van der Waals surface area contributed by atoms with Crippen LogP contribution in [-0.2, 0) is 4.74 Å². The Labute approximate surface area is 130 Å². The van der Waals surface area contributed by atoms with Crippen LogP contribution in [0.5, 0.6) is 5.88 Å². The third-order valence-electron chi connectivity index (χ3n) is 3.36. The first-order chi connectivity index (χ1) is 10.9. The number of aromatic nitrogens is 4. The van der Waals surface area contributed by atoms with Crippen molar-refractivity contribution in [3.8, 4) is 18.2 Å². The van der Waals surface area contributed by atoms with Gasteiger partial charge < -0.3 is 25.8 Å². The third-order valence-corrected chi connectivity index (χ3v) is 3.36. The maximum atomic E-state index is 12.8. The molecule has 0 spiro atoms. The number of hydrogen-bond donors (Lipinski definition) is 4. The number of aliphatic hydroxyl groups is 2. The molecule has 0 saturated carbocycles. The van der Waals surface area contributed by atoms with Crippen LogP contribution in [0.4, 0.5) is 10.3 Å². The average Bonchev–Trinajstić information content (AvgIpc) is 2.96. The summed E-state index contributed by atoms with van der Waals surface area (Å²) in [6.45, 7) is -0.477. The van der Waals surface area contributed by atoms with E-state index in [0.29, 0.717) is 0 Å². The summed E-state index contributed by atoms with van der Waals surface area (Å²) in [5.41, 5.74) is 3.77. The van der Waals surface area contributed by atoms with Crippen molar-refractivity contribution in [2.24, 2.45) is 0 Å². The number of anilines is 1. The second kappa shape index (κ2) is 6.33. The Kier molecular flexibility index (Phi) is 4.65. The van der Waals surface area contributed by atoms with Crippen LogP contribution in [0.25, 0.3) is 11.2 Å². The molecular formula is C13H16FN5O4. The summed E-state index contributed by atoms with van der Waals surface area (Å²) in [4.78, 5) is 11.4. The van der Waals surface area contributed by atoms with Crippen LogP contribution in [0.1, 0.15) is 13.2 Å². The molecule has 9 nitrogen and oxygen atoms in total. The van der Waals surface area contributed by atoms with Crippen LogP contribution in [0.15, 0.2) is 6.33 Å². The predicted molar refractivity (Wildman–Crippen MR) is 77.8 cm³/mol. The molecule has 0 radical (unpaired) electrons. The molecule has 3 atom stereocenters. The van der Waals surface area contributed by atoms with Crippen molar-refractivity contribution in [1.29, 1.82) is 0 Å². The molecule has 0 bridgehead atoms. The number of rotatable bonds is 6. The highest BCUT2D eigenvalue weighted by Crippen LogP contribution is 2.27. The molecule has 0 fully saturated rings. The zero-order chi connectivity index (χ0) is 17.2. The first-order valence-corrected chi connectivity index (χ1v) is 6.58. The maximum Gasteiger partial charge on any atom is 0.244 e. The van der Waals surface area contributed by atoms with Gasteiger partial charge in [0.05, 0.1) is 12.9 Å². The Balaban J connectivity index is 2.41. The van der Waals surface area contributed by atoms with Gasteiger partial charge in [-0.15, -0.1) is 6.42 Å². The van der Waals surface area contributed by atoms with Gasteiger partial charge in [0.1, 0.15) is 19.0 Å². The monoisotopic (exact) mass is 325 g/mol. The normalized spacial score (nSPS) is 16.7. The molecule has 0 unspecified atom stereocenters. The van der Waals surface area contributed by atoms with Gasteiger partial charge in [0.25, 0.3) is 0 Å². The zero-order valence-corrected chi connectivity index (χ0v) is 12.2. The van der Waals surface area contributed by atoms with Crippen LogP contribution in [0.2, 0.25) is 0 Å². The van der Waals surface area contributed by atoms with Gasteiger partial charge in [0.2, 0.25) is 11.8 Å². The summed E-state index contributed by atoms with van der Waals surface area (Å²) < 4.78 is 19.6. The second-order valence-electron chi connectivity index (χ2n) is 4.81. The first kappa shape index (κ1) is 16.9. The molecule has 2 heterocycles. The highest BCUT2D eigenvalue weighted by molar-refractivity contribution is 5.77. The minimum absolute atomic E-state index is 0.0796. The van der Waals surface area contributed by atoms with E-state index in [1.54, 1.807) is 0 Å². The van der Waals surface area contributed by atoms with Crippen molar-refractivity contribution in [3.05, 3.63) is 6.33 Å². The number of nitrogen functional groups attached to an aromatic ring is 1. The summed E-state index contributed by atoms with van der Waals surface area (Å²) >= 11 is 0. The number of aromatic hydroxyl groups is 1. The lowest BCUT2D eigenvalue weighted by molar-refractivity contribution is -0.161. The number of fused-ring (bicyclic) bond motifs is 1. The van der Waals surface area contributed by atoms with Crippen molar-refractivity contribution in [3.63, 3.8) is 0 Å². The van der Waals surface area contributed by atoms with Crippen molar-refractivity contribution in [1.82, 2.24) is 19.5 Å². The van der Waals surface area contributed by atoms with Crippen LogP contribution >= 0.6 is 0 Å². The molecule has 0 saturated heterocycles. The standard InChI is InChI=1S/C13H16FN5O4/c1-3-13(5-20,8(21)4-14)23-7(2)19-6-16-9-10(19)17-12(15)18-11(9)22/h1,6-8,20-21H,4-5H2,2H3,(H3,15,17,18,22)/t7-,8+,13-/m1/s1. The highest BCUT2D eigenvalue weighted by atomic mass is 19.1. The number of aliphatic hydroxyl groups excluding tert-OH is 2. The van der Waals surface area contributed by atoms with E-state index in [2.05, 4.69) is 20.9 Å². The summed E-state index contributed by atoms with van der Waals surface area (Å²) in [6, 6.07) is 0. The maximum absolute atomic E-state index is 12.8. The minimum Gasteiger partial charge on any atom is -0.492 e. The molecule has 2 aromatic rings. The molecule has 0 aliphatic heterocycles. The third kappa shape index (κ3) is 2.89. The van der Waals surface area contributed by atoms with Crippen molar-refractivity contribution in [2.45, 2.75) is 24.9 Å². The van der Waals surface area contributed by atoms with Crippen molar-refractivity contribution in [2.75, 3.05) is 19.0 Å². The van der Waals surface area contributed by atoms with E-state index < -0.39 is 37.1 Å². The van der Waals surface area contributed by atoms with E-state index in [9.17, 15) is 19.7 Å². The summed E-state index contributed by atoms with van der Waals surface area (Å²) in [5, 5.41) is 28.8. The first-order valence-electron chi connectivity index (χ1n) is 6.58. The lowest BCUT2D eigenvalue weighted by Gasteiger charge is -2.33. The molecule has 0 amide bonds. The molecule has 23 heavy (non-hydrogen) atoms.